The molecule has 3 aromatic rings. The third-order valence-electron chi connectivity index (χ3n) is 8.21. The summed E-state index contributed by atoms with van der Waals surface area (Å²) in [6, 6.07) is 6.56. The van der Waals surface area contributed by atoms with Crippen molar-refractivity contribution < 1.29 is 18.7 Å². The lowest BCUT2D eigenvalue weighted by Crippen LogP contribution is -2.43. The van der Waals surface area contributed by atoms with Crippen molar-refractivity contribution in [3.63, 3.8) is 0 Å². The predicted octanol–water partition coefficient (Wildman–Crippen LogP) is 7.79. The van der Waals surface area contributed by atoms with Gasteiger partial charge < -0.3 is 15.0 Å². The van der Waals surface area contributed by atoms with E-state index < -0.39 is 23.8 Å². The van der Waals surface area contributed by atoms with Crippen LogP contribution in [0.2, 0.25) is 10.0 Å². The Bertz CT molecular complexity index is 1320. The Hall–Kier alpha value is -2.48. The second-order valence-electron chi connectivity index (χ2n) is 10.7. The van der Waals surface area contributed by atoms with Crippen molar-refractivity contribution in [2.45, 2.75) is 82.4 Å². The highest BCUT2D eigenvalue weighted by Crippen LogP contribution is 2.41. The van der Waals surface area contributed by atoms with E-state index in [0.29, 0.717) is 0 Å². The Balaban J connectivity index is 1.59. The molecule has 2 aromatic carbocycles. The van der Waals surface area contributed by atoms with Crippen LogP contribution in [-0.4, -0.2) is 26.6 Å². The lowest BCUT2D eigenvalue weighted by molar-refractivity contribution is -0.127. The third-order valence-corrected chi connectivity index (χ3v) is 9.04. The van der Waals surface area contributed by atoms with Crippen molar-refractivity contribution in [2.75, 3.05) is 0 Å². The molecule has 0 saturated heterocycles. The Labute approximate surface area is 237 Å². The van der Waals surface area contributed by atoms with Crippen molar-refractivity contribution in [1.82, 2.24) is 14.9 Å². The molecule has 5 rings (SSSR count). The van der Waals surface area contributed by atoms with E-state index in [1.165, 1.54) is 18.7 Å². The molecule has 2 saturated carbocycles. The number of aromatic nitrogens is 2. The lowest BCUT2D eigenvalue weighted by atomic mass is 9.82. The minimum absolute atomic E-state index is 0.0302. The summed E-state index contributed by atoms with van der Waals surface area (Å²) in [6.07, 6.45) is 11.8. The van der Waals surface area contributed by atoms with Crippen LogP contribution in [0.5, 0.6) is 0 Å². The Morgan fingerprint density at radius 1 is 0.974 bits per heavy atom. The molecule has 39 heavy (non-hydrogen) atoms. The summed E-state index contributed by atoms with van der Waals surface area (Å²) >= 11 is 12.5. The molecule has 2 fully saturated rings. The Morgan fingerprint density at radius 2 is 1.67 bits per heavy atom. The molecule has 1 heterocycles. The topological polar surface area (TPSA) is 67.2 Å². The van der Waals surface area contributed by atoms with Crippen LogP contribution in [0.15, 0.2) is 42.7 Å². The van der Waals surface area contributed by atoms with E-state index in [-0.39, 0.29) is 50.4 Å². The number of nitrogens with zero attached hydrogens (tertiary/aromatic N) is 2. The number of halogens is 4. The number of hydrogen-bond acceptors (Lipinski definition) is 3. The van der Waals surface area contributed by atoms with Gasteiger partial charge in [-0.15, -0.1) is 0 Å². The Kier molecular flexibility index (Phi) is 8.89. The zero-order valence-electron chi connectivity index (χ0n) is 21.7. The Morgan fingerprint density at radius 3 is 2.38 bits per heavy atom. The van der Waals surface area contributed by atoms with Gasteiger partial charge in [-0.1, -0.05) is 79.9 Å². The number of imidazole rings is 1. The van der Waals surface area contributed by atoms with Crippen LogP contribution < -0.4 is 5.32 Å². The van der Waals surface area contributed by atoms with Gasteiger partial charge in [-0.2, -0.15) is 0 Å². The average Bonchev–Trinajstić information content (AvgIpc) is 3.41. The number of carbonyl (C=O) groups is 1. The quantitative estimate of drug-likeness (QED) is 0.302. The highest BCUT2D eigenvalue weighted by atomic mass is 35.5. The largest absolute Gasteiger partial charge is 0.384 e. The number of aliphatic hydroxyl groups excluding tert-OH is 1. The minimum Gasteiger partial charge on any atom is -0.384 e. The summed E-state index contributed by atoms with van der Waals surface area (Å²) in [5.41, 5.74) is 0.142. The van der Waals surface area contributed by atoms with Crippen LogP contribution in [0.3, 0.4) is 0 Å². The molecule has 208 valence electrons. The molecule has 9 heteroatoms. The monoisotopic (exact) mass is 575 g/mol. The van der Waals surface area contributed by atoms with E-state index in [9.17, 15) is 14.3 Å². The molecule has 0 aliphatic heterocycles. The number of amides is 1. The van der Waals surface area contributed by atoms with Crippen molar-refractivity contribution in [1.29, 1.82) is 0 Å². The van der Waals surface area contributed by atoms with Crippen LogP contribution in [0, 0.1) is 17.6 Å². The minimum atomic E-state index is -1.41. The van der Waals surface area contributed by atoms with E-state index in [1.54, 1.807) is 29.0 Å². The van der Waals surface area contributed by atoms with Crippen molar-refractivity contribution in [2.24, 2.45) is 5.92 Å². The second-order valence-corrected chi connectivity index (χ2v) is 11.5. The smallest absolute Gasteiger partial charge is 0.243 e. The van der Waals surface area contributed by atoms with Gasteiger partial charge >= 0.3 is 0 Å². The lowest BCUT2D eigenvalue weighted by Gasteiger charge is -2.33. The molecule has 0 spiro atoms. The fourth-order valence-corrected chi connectivity index (χ4v) is 6.61. The number of benzene rings is 2. The molecule has 2 unspecified atom stereocenters. The molecule has 0 bridgehead atoms. The van der Waals surface area contributed by atoms with Gasteiger partial charge in [-0.3, -0.25) is 4.79 Å². The van der Waals surface area contributed by atoms with Crippen molar-refractivity contribution in [3.8, 4) is 11.4 Å². The molecule has 2 N–H and O–H groups in total. The molecular weight excluding hydrogens is 543 g/mol. The molecule has 2 atom stereocenters. The van der Waals surface area contributed by atoms with Gasteiger partial charge in [0.15, 0.2) is 11.6 Å². The van der Waals surface area contributed by atoms with Crippen LogP contribution in [0.1, 0.15) is 87.5 Å². The fourth-order valence-electron chi connectivity index (χ4n) is 6.20. The summed E-state index contributed by atoms with van der Waals surface area (Å²) < 4.78 is 32.0. The van der Waals surface area contributed by atoms with Crippen molar-refractivity contribution >= 4 is 29.1 Å². The second kappa shape index (κ2) is 12.4. The van der Waals surface area contributed by atoms with Gasteiger partial charge in [0, 0.05) is 24.0 Å². The van der Waals surface area contributed by atoms with Gasteiger partial charge in [0.2, 0.25) is 5.91 Å². The third kappa shape index (κ3) is 5.86. The molecule has 1 aromatic heterocycles. The number of nitrogens with one attached hydrogen (secondary N) is 1. The summed E-state index contributed by atoms with van der Waals surface area (Å²) in [4.78, 5) is 18.3. The summed E-state index contributed by atoms with van der Waals surface area (Å²) in [7, 11) is 0. The molecule has 5 nitrogen and oxygen atoms in total. The average molecular weight is 577 g/mol. The first-order valence-electron chi connectivity index (χ1n) is 13.8. The maximum atomic E-state index is 15.6. The summed E-state index contributed by atoms with van der Waals surface area (Å²) in [6.45, 7) is 0. The number of rotatable bonds is 7. The summed E-state index contributed by atoms with van der Waals surface area (Å²) in [5, 5.41) is 15.0. The van der Waals surface area contributed by atoms with Gasteiger partial charge in [-0.25, -0.2) is 13.8 Å². The van der Waals surface area contributed by atoms with Gasteiger partial charge in [0.1, 0.15) is 18.0 Å². The summed E-state index contributed by atoms with van der Waals surface area (Å²) in [5.74, 6) is -2.22. The first-order chi connectivity index (χ1) is 18.9. The van der Waals surface area contributed by atoms with Crippen molar-refractivity contribution in [3.05, 3.63) is 75.5 Å². The molecule has 2 aliphatic rings. The molecule has 1 amide bonds. The fraction of sp³-hybridized carbons (Fsp3) is 0.467. The van der Waals surface area contributed by atoms with E-state index in [4.69, 9.17) is 23.2 Å². The number of aliphatic hydroxyl groups is 1. The van der Waals surface area contributed by atoms with E-state index in [0.717, 1.165) is 63.9 Å². The van der Waals surface area contributed by atoms with Gasteiger partial charge in [-0.05, 0) is 49.3 Å². The van der Waals surface area contributed by atoms with Crippen LogP contribution in [0.4, 0.5) is 8.78 Å². The predicted molar refractivity (Wildman–Crippen MR) is 149 cm³/mol. The van der Waals surface area contributed by atoms with Gasteiger partial charge in [0.05, 0.1) is 15.6 Å². The normalized spacial score (nSPS) is 18.6. The SMILES string of the molecule is O=C(NC1CCCCC1)C(C1CCCCC1)n1ccnc1-c1c(C(O)c2cccc(Cl)c2Cl)ccc(F)c1F. The van der Waals surface area contributed by atoms with Crippen LogP contribution >= 0.6 is 23.2 Å². The van der Waals surface area contributed by atoms with Crippen LogP contribution in [-0.2, 0) is 4.79 Å². The molecule has 0 radical (unpaired) electrons. The number of carbonyl (C=O) groups excluding carboxylic acids is 1. The van der Waals surface area contributed by atoms with E-state index >= 15 is 4.39 Å². The highest BCUT2D eigenvalue weighted by Gasteiger charge is 2.35. The first-order valence-corrected chi connectivity index (χ1v) is 14.6. The standard InChI is InChI=1S/C30H33Cl2F2N3O2/c31-22-13-7-12-21(25(22)32)28(38)20-14-15-23(33)26(34)24(20)29-35-16-17-37(29)27(18-8-3-1-4-9-18)30(39)36-19-10-5-2-6-11-19/h7,12-19,27-28,38H,1-6,8-11H2,(H,36,39). The maximum Gasteiger partial charge on any atom is 0.243 e. The zero-order valence-corrected chi connectivity index (χ0v) is 23.2. The highest BCUT2D eigenvalue weighted by molar-refractivity contribution is 6.42. The maximum absolute atomic E-state index is 15.6. The molecular formula is C30H33Cl2F2N3O2. The zero-order chi connectivity index (χ0) is 27.5. The van der Waals surface area contributed by atoms with Crippen LogP contribution in [0.25, 0.3) is 11.4 Å². The molecule has 2 aliphatic carbocycles. The van der Waals surface area contributed by atoms with Gasteiger partial charge in [0.25, 0.3) is 0 Å². The first kappa shape index (κ1) is 28.1. The van der Waals surface area contributed by atoms with E-state index in [1.807, 2.05) is 0 Å². The number of hydrogen-bond donors (Lipinski definition) is 2. The van der Waals surface area contributed by atoms with E-state index in [2.05, 4.69) is 10.3 Å².